The molecule has 26 heavy (non-hydrogen) atoms. The minimum atomic E-state index is -0.461. The average Bonchev–Trinajstić information content (AvgIpc) is 3.11. The maximum atomic E-state index is 12.3. The zero-order valence-corrected chi connectivity index (χ0v) is 14.8. The highest BCUT2D eigenvalue weighted by atomic mass is 16.2. The summed E-state index contributed by atoms with van der Waals surface area (Å²) >= 11 is 0. The van der Waals surface area contributed by atoms with Gasteiger partial charge in [-0.05, 0) is 22.9 Å². The third-order valence-corrected chi connectivity index (χ3v) is 4.34. The van der Waals surface area contributed by atoms with Crippen LogP contribution in [0.15, 0.2) is 30.6 Å². The number of aryl methyl sites for hydroxylation is 1. The van der Waals surface area contributed by atoms with Crippen molar-refractivity contribution in [2.24, 2.45) is 0 Å². The molecule has 0 radical (unpaired) electrons. The summed E-state index contributed by atoms with van der Waals surface area (Å²) < 4.78 is 1.54. The van der Waals surface area contributed by atoms with E-state index in [-0.39, 0.29) is 18.2 Å². The van der Waals surface area contributed by atoms with Crippen LogP contribution in [-0.2, 0) is 22.7 Å². The zero-order valence-electron chi connectivity index (χ0n) is 14.8. The van der Waals surface area contributed by atoms with Gasteiger partial charge in [0.25, 0.3) is 0 Å². The molecule has 0 saturated carbocycles. The van der Waals surface area contributed by atoms with E-state index in [2.05, 4.69) is 37.1 Å². The summed E-state index contributed by atoms with van der Waals surface area (Å²) in [5.74, 6) is -0.256. The molecule has 1 aromatic heterocycles. The molecule has 2 amide bonds. The lowest BCUT2D eigenvalue weighted by molar-refractivity contribution is -0.134. The molecule has 2 N–H and O–H groups in total. The van der Waals surface area contributed by atoms with Gasteiger partial charge in [0.2, 0.25) is 11.8 Å². The normalized spacial score (nSPS) is 17.7. The van der Waals surface area contributed by atoms with Crippen LogP contribution in [0.25, 0.3) is 0 Å². The molecule has 9 nitrogen and oxygen atoms in total. The van der Waals surface area contributed by atoms with Crippen LogP contribution < -0.4 is 10.6 Å². The molecule has 0 spiro atoms. The fourth-order valence-electron chi connectivity index (χ4n) is 3.06. The van der Waals surface area contributed by atoms with Crippen molar-refractivity contribution in [1.29, 1.82) is 0 Å². The van der Waals surface area contributed by atoms with Crippen LogP contribution in [-0.4, -0.2) is 62.6 Å². The lowest BCUT2D eigenvalue weighted by atomic mass is 10.1. The summed E-state index contributed by atoms with van der Waals surface area (Å²) in [6, 6.07) is 7.74. The first kappa shape index (κ1) is 18.0. The van der Waals surface area contributed by atoms with Crippen molar-refractivity contribution in [2.45, 2.75) is 32.5 Å². The number of carbonyl (C=O) groups is 2. The minimum Gasteiger partial charge on any atom is -0.354 e. The summed E-state index contributed by atoms with van der Waals surface area (Å²) in [7, 11) is 0. The van der Waals surface area contributed by atoms with Gasteiger partial charge in [0.1, 0.15) is 6.33 Å². The van der Waals surface area contributed by atoms with Crippen molar-refractivity contribution >= 4 is 11.8 Å². The molecule has 2 heterocycles. The lowest BCUT2D eigenvalue weighted by Crippen LogP contribution is -2.56. The minimum absolute atomic E-state index is 0.0977. The molecule has 9 heteroatoms. The number of benzene rings is 1. The topological polar surface area (TPSA) is 105 Å². The SMILES string of the molecule is Cc1cccc(CN2CCNC(=O)[C@H]2CC(=O)NCCn2cnnn2)c1. The average molecular weight is 357 g/mol. The first-order valence-corrected chi connectivity index (χ1v) is 8.66. The number of nitrogens with zero attached hydrogens (tertiary/aromatic N) is 5. The van der Waals surface area contributed by atoms with Gasteiger partial charge in [0, 0.05) is 26.2 Å². The van der Waals surface area contributed by atoms with Gasteiger partial charge in [-0.2, -0.15) is 0 Å². The van der Waals surface area contributed by atoms with Crippen LogP contribution in [0.3, 0.4) is 0 Å². The second-order valence-electron chi connectivity index (χ2n) is 6.39. The van der Waals surface area contributed by atoms with Gasteiger partial charge in [-0.1, -0.05) is 29.8 Å². The van der Waals surface area contributed by atoms with Crippen molar-refractivity contribution in [1.82, 2.24) is 35.7 Å². The van der Waals surface area contributed by atoms with Crippen molar-refractivity contribution < 1.29 is 9.59 Å². The first-order valence-electron chi connectivity index (χ1n) is 8.66. The monoisotopic (exact) mass is 357 g/mol. The van der Waals surface area contributed by atoms with E-state index in [1.165, 1.54) is 16.6 Å². The molecular formula is C17H23N7O2. The Morgan fingerprint density at radius 2 is 2.31 bits per heavy atom. The van der Waals surface area contributed by atoms with Gasteiger partial charge in [-0.25, -0.2) is 4.68 Å². The Balaban J connectivity index is 1.55. The Morgan fingerprint density at radius 3 is 3.08 bits per heavy atom. The molecule has 3 rings (SSSR count). The van der Waals surface area contributed by atoms with E-state index >= 15 is 0 Å². The molecule has 138 valence electrons. The van der Waals surface area contributed by atoms with Crippen LogP contribution in [0.4, 0.5) is 0 Å². The quantitative estimate of drug-likeness (QED) is 0.691. The van der Waals surface area contributed by atoms with E-state index in [1.807, 2.05) is 25.1 Å². The van der Waals surface area contributed by atoms with Gasteiger partial charge in [-0.15, -0.1) is 5.10 Å². The van der Waals surface area contributed by atoms with E-state index in [4.69, 9.17) is 0 Å². The van der Waals surface area contributed by atoms with Gasteiger partial charge in [-0.3, -0.25) is 14.5 Å². The highest BCUT2D eigenvalue weighted by Gasteiger charge is 2.31. The highest BCUT2D eigenvalue weighted by Crippen LogP contribution is 2.14. The van der Waals surface area contributed by atoms with Crippen LogP contribution in [0.2, 0.25) is 0 Å². The van der Waals surface area contributed by atoms with E-state index in [0.717, 1.165) is 12.1 Å². The number of nitrogens with one attached hydrogen (secondary N) is 2. The Kier molecular flexibility index (Phi) is 5.90. The number of rotatable bonds is 7. The molecule has 1 aromatic carbocycles. The number of carbonyl (C=O) groups excluding carboxylic acids is 2. The third-order valence-electron chi connectivity index (χ3n) is 4.34. The van der Waals surface area contributed by atoms with Crippen LogP contribution in [0.1, 0.15) is 17.5 Å². The van der Waals surface area contributed by atoms with E-state index < -0.39 is 6.04 Å². The molecule has 0 unspecified atom stereocenters. The number of aromatic nitrogens is 4. The van der Waals surface area contributed by atoms with Gasteiger partial charge >= 0.3 is 0 Å². The Morgan fingerprint density at radius 1 is 1.42 bits per heavy atom. The van der Waals surface area contributed by atoms with E-state index in [1.54, 1.807) is 0 Å². The second kappa shape index (κ2) is 8.52. The van der Waals surface area contributed by atoms with Crippen LogP contribution in [0, 0.1) is 6.92 Å². The predicted octanol–water partition coefficient (Wildman–Crippen LogP) is -0.512. The molecule has 0 bridgehead atoms. The van der Waals surface area contributed by atoms with E-state index in [0.29, 0.717) is 26.2 Å². The molecule has 1 aliphatic rings. The van der Waals surface area contributed by atoms with Gasteiger partial charge < -0.3 is 10.6 Å². The number of tetrazole rings is 1. The Labute approximate surface area is 151 Å². The highest BCUT2D eigenvalue weighted by molar-refractivity contribution is 5.88. The summed E-state index contributed by atoms with van der Waals surface area (Å²) in [4.78, 5) is 26.6. The maximum absolute atomic E-state index is 12.3. The predicted molar refractivity (Wildman–Crippen MR) is 93.8 cm³/mol. The number of amides is 2. The standard InChI is InChI=1S/C17H23N7O2/c1-13-3-2-4-14(9-13)11-23-7-5-19-17(26)15(23)10-16(25)18-6-8-24-12-20-21-22-24/h2-4,9,12,15H,5-8,10-11H2,1H3,(H,18,25)(H,19,26)/t15-/m1/s1. The van der Waals surface area contributed by atoms with Crippen molar-refractivity contribution in [2.75, 3.05) is 19.6 Å². The summed E-state index contributed by atoms with van der Waals surface area (Å²) in [5.41, 5.74) is 2.32. The molecule has 1 fully saturated rings. The molecule has 0 aliphatic carbocycles. The first-order chi connectivity index (χ1) is 12.6. The molecule has 1 aliphatic heterocycles. The largest absolute Gasteiger partial charge is 0.354 e. The fraction of sp³-hybridized carbons (Fsp3) is 0.471. The summed E-state index contributed by atoms with van der Waals surface area (Å²) in [6.45, 7) is 4.92. The maximum Gasteiger partial charge on any atom is 0.237 e. The fourth-order valence-corrected chi connectivity index (χ4v) is 3.06. The second-order valence-corrected chi connectivity index (χ2v) is 6.39. The molecule has 1 atom stereocenters. The smallest absolute Gasteiger partial charge is 0.237 e. The van der Waals surface area contributed by atoms with Crippen LogP contribution >= 0.6 is 0 Å². The van der Waals surface area contributed by atoms with Crippen molar-refractivity contribution in [3.63, 3.8) is 0 Å². The third kappa shape index (κ3) is 4.85. The summed E-state index contributed by atoms with van der Waals surface area (Å²) in [5, 5.41) is 16.5. The number of hydrogen-bond donors (Lipinski definition) is 2. The Hall–Kier alpha value is -2.81. The number of hydrogen-bond acceptors (Lipinski definition) is 6. The van der Waals surface area contributed by atoms with Gasteiger partial charge in [0.15, 0.2) is 0 Å². The Bertz CT molecular complexity index is 747. The lowest BCUT2D eigenvalue weighted by Gasteiger charge is -2.34. The van der Waals surface area contributed by atoms with Gasteiger partial charge in [0.05, 0.1) is 19.0 Å². The molecular weight excluding hydrogens is 334 g/mol. The van der Waals surface area contributed by atoms with Crippen LogP contribution in [0.5, 0.6) is 0 Å². The molecule has 2 aromatic rings. The number of piperazine rings is 1. The van der Waals surface area contributed by atoms with Crippen molar-refractivity contribution in [3.05, 3.63) is 41.7 Å². The summed E-state index contributed by atoms with van der Waals surface area (Å²) in [6.07, 6.45) is 1.62. The molecule has 1 saturated heterocycles. The van der Waals surface area contributed by atoms with E-state index in [9.17, 15) is 9.59 Å². The zero-order chi connectivity index (χ0) is 18.4. The van der Waals surface area contributed by atoms with Crippen molar-refractivity contribution in [3.8, 4) is 0 Å².